The number of carbonyl (C=O) groups is 1. The van der Waals surface area contributed by atoms with Gasteiger partial charge in [-0.05, 0) is 30.7 Å². The quantitative estimate of drug-likeness (QED) is 0.888. The summed E-state index contributed by atoms with van der Waals surface area (Å²) >= 11 is 3.39. The lowest BCUT2D eigenvalue weighted by Gasteiger charge is -2.04. The van der Waals surface area contributed by atoms with E-state index in [9.17, 15) is 4.79 Å². The van der Waals surface area contributed by atoms with Gasteiger partial charge in [0.05, 0.1) is 11.9 Å². The van der Waals surface area contributed by atoms with Crippen molar-refractivity contribution in [1.29, 1.82) is 0 Å². The first-order valence-electron chi connectivity index (χ1n) is 4.73. The van der Waals surface area contributed by atoms with Crippen LogP contribution in [0.5, 0.6) is 0 Å². The summed E-state index contributed by atoms with van der Waals surface area (Å²) in [5.74, 6) is -0.142. The van der Waals surface area contributed by atoms with Crippen LogP contribution in [0.1, 0.15) is 15.9 Å². The number of hydrogen-bond acceptors (Lipinski definition) is 2. The number of aromatic amines is 1. The lowest BCUT2D eigenvalue weighted by molar-refractivity contribution is 0.102. The van der Waals surface area contributed by atoms with Crippen molar-refractivity contribution in [3.05, 3.63) is 46.2 Å². The molecule has 0 bridgehead atoms. The number of anilines is 1. The third-order valence-electron chi connectivity index (χ3n) is 2.18. The molecule has 16 heavy (non-hydrogen) atoms. The highest BCUT2D eigenvalue weighted by atomic mass is 79.9. The summed E-state index contributed by atoms with van der Waals surface area (Å²) in [5, 5.41) is 9.13. The van der Waals surface area contributed by atoms with Gasteiger partial charge in [-0.25, -0.2) is 0 Å². The first-order valence-corrected chi connectivity index (χ1v) is 5.52. The summed E-state index contributed by atoms with van der Waals surface area (Å²) in [5.41, 5.74) is 2.31. The molecule has 2 aromatic rings. The maximum absolute atomic E-state index is 11.8. The number of aromatic nitrogens is 2. The Morgan fingerprint density at radius 1 is 1.50 bits per heavy atom. The Hall–Kier alpha value is -1.62. The van der Waals surface area contributed by atoms with Crippen LogP contribution in [0.4, 0.5) is 5.69 Å². The molecule has 1 aromatic heterocycles. The second kappa shape index (κ2) is 4.49. The molecule has 0 saturated carbocycles. The zero-order valence-electron chi connectivity index (χ0n) is 8.62. The Balaban J connectivity index is 2.18. The van der Waals surface area contributed by atoms with E-state index in [1.165, 1.54) is 0 Å². The Morgan fingerprint density at radius 2 is 2.31 bits per heavy atom. The van der Waals surface area contributed by atoms with Crippen LogP contribution in [0.15, 0.2) is 35.1 Å². The SMILES string of the molecule is Cc1cc(C(=O)Nc2cn[nH]c2)ccc1Br. The molecule has 0 aliphatic rings. The van der Waals surface area contributed by atoms with Gasteiger partial charge in [0.15, 0.2) is 0 Å². The van der Waals surface area contributed by atoms with Crippen LogP contribution < -0.4 is 5.32 Å². The molecule has 2 N–H and O–H groups in total. The summed E-state index contributed by atoms with van der Waals surface area (Å²) in [6, 6.07) is 5.46. The number of benzene rings is 1. The second-order valence-electron chi connectivity index (χ2n) is 3.41. The standard InChI is InChI=1S/C11H10BrN3O/c1-7-4-8(2-3-10(7)12)11(16)15-9-5-13-14-6-9/h2-6H,1H3,(H,13,14)(H,15,16). The Morgan fingerprint density at radius 3 is 2.94 bits per heavy atom. The van der Waals surface area contributed by atoms with E-state index in [1.807, 2.05) is 19.1 Å². The number of H-pyrrole nitrogens is 1. The van der Waals surface area contributed by atoms with E-state index in [0.717, 1.165) is 10.0 Å². The average Bonchev–Trinajstić information content (AvgIpc) is 2.74. The number of amides is 1. The Labute approximate surface area is 101 Å². The van der Waals surface area contributed by atoms with Crippen LogP contribution in [-0.2, 0) is 0 Å². The van der Waals surface area contributed by atoms with Gasteiger partial charge in [0.25, 0.3) is 5.91 Å². The minimum atomic E-state index is -0.142. The van der Waals surface area contributed by atoms with Gasteiger partial charge >= 0.3 is 0 Å². The topological polar surface area (TPSA) is 57.8 Å². The molecule has 0 spiro atoms. The van der Waals surface area contributed by atoms with Crippen molar-refractivity contribution in [2.24, 2.45) is 0 Å². The molecule has 2 rings (SSSR count). The van der Waals surface area contributed by atoms with Crippen LogP contribution in [-0.4, -0.2) is 16.1 Å². The smallest absolute Gasteiger partial charge is 0.255 e. The largest absolute Gasteiger partial charge is 0.319 e. The fourth-order valence-corrected chi connectivity index (χ4v) is 1.56. The number of nitrogens with one attached hydrogen (secondary N) is 2. The minimum Gasteiger partial charge on any atom is -0.319 e. The van der Waals surface area contributed by atoms with Crippen LogP contribution in [0, 0.1) is 6.92 Å². The van der Waals surface area contributed by atoms with E-state index in [0.29, 0.717) is 11.3 Å². The van der Waals surface area contributed by atoms with Crippen LogP contribution in [0.25, 0.3) is 0 Å². The van der Waals surface area contributed by atoms with Gasteiger partial charge in [0.2, 0.25) is 0 Å². The van der Waals surface area contributed by atoms with Gasteiger partial charge in [0, 0.05) is 16.2 Å². The van der Waals surface area contributed by atoms with Crippen LogP contribution in [0.2, 0.25) is 0 Å². The van der Waals surface area contributed by atoms with Crippen molar-refractivity contribution in [3.8, 4) is 0 Å². The van der Waals surface area contributed by atoms with E-state index in [4.69, 9.17) is 0 Å². The molecule has 0 unspecified atom stereocenters. The van der Waals surface area contributed by atoms with Crippen molar-refractivity contribution in [2.75, 3.05) is 5.32 Å². The third-order valence-corrected chi connectivity index (χ3v) is 3.07. The number of nitrogens with zero attached hydrogens (tertiary/aromatic N) is 1. The Bertz CT molecular complexity index is 508. The first-order chi connectivity index (χ1) is 7.66. The molecule has 5 heteroatoms. The van der Waals surface area contributed by atoms with E-state index < -0.39 is 0 Å². The molecule has 1 aromatic carbocycles. The molecule has 0 saturated heterocycles. The van der Waals surface area contributed by atoms with E-state index in [-0.39, 0.29) is 5.91 Å². The van der Waals surface area contributed by atoms with Gasteiger partial charge in [-0.2, -0.15) is 5.10 Å². The van der Waals surface area contributed by atoms with E-state index in [2.05, 4.69) is 31.4 Å². The molecule has 0 aliphatic carbocycles. The Kier molecular flexibility index (Phi) is 3.05. The molecular formula is C11H10BrN3O. The van der Waals surface area contributed by atoms with Gasteiger partial charge in [0.1, 0.15) is 0 Å². The molecule has 0 fully saturated rings. The zero-order valence-corrected chi connectivity index (χ0v) is 10.2. The predicted molar refractivity (Wildman–Crippen MR) is 65.4 cm³/mol. The molecule has 1 heterocycles. The highest BCUT2D eigenvalue weighted by Gasteiger charge is 2.07. The van der Waals surface area contributed by atoms with Crippen molar-refractivity contribution < 1.29 is 4.79 Å². The zero-order chi connectivity index (χ0) is 11.5. The molecule has 0 aliphatic heterocycles. The van der Waals surface area contributed by atoms with Crippen molar-refractivity contribution in [3.63, 3.8) is 0 Å². The van der Waals surface area contributed by atoms with E-state index in [1.54, 1.807) is 18.5 Å². The average molecular weight is 280 g/mol. The number of rotatable bonds is 2. The fourth-order valence-electron chi connectivity index (χ4n) is 1.31. The van der Waals surface area contributed by atoms with Gasteiger partial charge in [-0.3, -0.25) is 9.89 Å². The monoisotopic (exact) mass is 279 g/mol. The van der Waals surface area contributed by atoms with Gasteiger partial charge < -0.3 is 5.32 Å². The highest BCUT2D eigenvalue weighted by molar-refractivity contribution is 9.10. The first kappa shape index (κ1) is 10.9. The fraction of sp³-hybridized carbons (Fsp3) is 0.0909. The van der Waals surface area contributed by atoms with Crippen molar-refractivity contribution in [1.82, 2.24) is 10.2 Å². The summed E-state index contributed by atoms with van der Waals surface area (Å²) in [6.45, 7) is 1.94. The van der Waals surface area contributed by atoms with Crippen molar-refractivity contribution in [2.45, 2.75) is 6.92 Å². The van der Waals surface area contributed by atoms with Gasteiger partial charge in [-0.1, -0.05) is 15.9 Å². The molecular weight excluding hydrogens is 270 g/mol. The van der Waals surface area contributed by atoms with E-state index >= 15 is 0 Å². The number of aryl methyl sites for hydroxylation is 1. The lowest BCUT2D eigenvalue weighted by Crippen LogP contribution is -2.11. The predicted octanol–water partition coefficient (Wildman–Crippen LogP) is 2.73. The molecule has 0 radical (unpaired) electrons. The highest BCUT2D eigenvalue weighted by Crippen LogP contribution is 2.17. The number of halogens is 1. The van der Waals surface area contributed by atoms with Crippen LogP contribution >= 0.6 is 15.9 Å². The normalized spacial score (nSPS) is 10.1. The summed E-state index contributed by atoms with van der Waals surface area (Å²) in [6.07, 6.45) is 3.19. The maximum atomic E-state index is 11.8. The molecule has 82 valence electrons. The lowest BCUT2D eigenvalue weighted by atomic mass is 10.1. The summed E-state index contributed by atoms with van der Waals surface area (Å²) in [4.78, 5) is 11.8. The minimum absolute atomic E-state index is 0.142. The molecule has 4 nitrogen and oxygen atoms in total. The third kappa shape index (κ3) is 2.30. The maximum Gasteiger partial charge on any atom is 0.255 e. The second-order valence-corrected chi connectivity index (χ2v) is 4.26. The molecule has 0 atom stereocenters. The number of carbonyl (C=O) groups excluding carboxylic acids is 1. The summed E-state index contributed by atoms with van der Waals surface area (Å²) < 4.78 is 0.993. The summed E-state index contributed by atoms with van der Waals surface area (Å²) in [7, 11) is 0. The molecule has 1 amide bonds. The van der Waals surface area contributed by atoms with Crippen molar-refractivity contribution >= 4 is 27.5 Å². The van der Waals surface area contributed by atoms with Crippen LogP contribution in [0.3, 0.4) is 0 Å². The van der Waals surface area contributed by atoms with Gasteiger partial charge in [-0.15, -0.1) is 0 Å². The number of hydrogen-bond donors (Lipinski definition) is 2.